The average molecular weight is 917 g/mol. The van der Waals surface area contributed by atoms with Gasteiger partial charge in [0.1, 0.15) is 6.10 Å². The molecule has 0 rings (SSSR count). The van der Waals surface area contributed by atoms with Crippen LogP contribution in [0.1, 0.15) is 316 Å². The highest BCUT2D eigenvalue weighted by Crippen LogP contribution is 2.19. The molecule has 0 fully saturated rings. The van der Waals surface area contributed by atoms with Crippen LogP contribution in [0.25, 0.3) is 0 Å². The summed E-state index contributed by atoms with van der Waals surface area (Å²) in [5.41, 5.74) is 0. The molecule has 0 radical (unpaired) electrons. The zero-order valence-electron chi connectivity index (χ0n) is 43.9. The van der Waals surface area contributed by atoms with Crippen molar-refractivity contribution in [3.63, 3.8) is 0 Å². The minimum absolute atomic E-state index is 0.0771. The normalized spacial score (nSPS) is 13.2. The first kappa shape index (κ1) is 63.3. The SMILES string of the molecule is CCCCCCCCC/C=C/C=C/CCCCCCCC(=O)OC(CCCCCCCCCCCCC)CC(=O)NC(CO)C(O)CCCCCCCCCCCCCCCCCCC. The number of rotatable bonds is 53. The van der Waals surface area contributed by atoms with Gasteiger partial charge in [-0.15, -0.1) is 0 Å². The molecule has 3 atom stereocenters. The quantitative estimate of drug-likeness (QED) is 0.0321. The highest BCUT2D eigenvalue weighted by Gasteiger charge is 2.24. The van der Waals surface area contributed by atoms with Crippen LogP contribution in [-0.2, 0) is 14.3 Å². The molecule has 384 valence electrons. The Balaban J connectivity index is 4.45. The van der Waals surface area contributed by atoms with Crippen LogP contribution in [0.2, 0.25) is 0 Å². The third kappa shape index (κ3) is 48.6. The van der Waals surface area contributed by atoms with E-state index in [-0.39, 0.29) is 24.9 Å². The average Bonchev–Trinajstić information content (AvgIpc) is 3.30. The number of carbonyl (C=O) groups excluding carboxylic acids is 2. The summed E-state index contributed by atoms with van der Waals surface area (Å²) in [6.07, 6.45) is 62.4. The number of ether oxygens (including phenoxy) is 1. The van der Waals surface area contributed by atoms with Gasteiger partial charge < -0.3 is 20.3 Å². The van der Waals surface area contributed by atoms with Crippen molar-refractivity contribution in [2.24, 2.45) is 0 Å². The van der Waals surface area contributed by atoms with E-state index in [1.807, 2.05) is 0 Å². The van der Waals surface area contributed by atoms with Crippen LogP contribution < -0.4 is 5.32 Å². The lowest BCUT2D eigenvalue weighted by Crippen LogP contribution is -2.46. The minimum Gasteiger partial charge on any atom is -0.462 e. The molecule has 0 aliphatic carbocycles. The number of hydrogen-bond donors (Lipinski definition) is 3. The van der Waals surface area contributed by atoms with Gasteiger partial charge in [0.2, 0.25) is 5.91 Å². The third-order valence-corrected chi connectivity index (χ3v) is 13.6. The van der Waals surface area contributed by atoms with E-state index < -0.39 is 18.2 Å². The van der Waals surface area contributed by atoms with Crippen molar-refractivity contribution in [3.8, 4) is 0 Å². The lowest BCUT2D eigenvalue weighted by Gasteiger charge is -2.24. The van der Waals surface area contributed by atoms with Crippen molar-refractivity contribution in [1.29, 1.82) is 0 Å². The first-order valence-corrected chi connectivity index (χ1v) is 29.1. The second kappa shape index (κ2) is 53.3. The number of allylic oxidation sites excluding steroid dienone is 4. The summed E-state index contributed by atoms with van der Waals surface area (Å²) in [6.45, 7) is 6.51. The van der Waals surface area contributed by atoms with Gasteiger partial charge in [0.25, 0.3) is 0 Å². The molecule has 0 aliphatic rings. The molecule has 3 unspecified atom stereocenters. The smallest absolute Gasteiger partial charge is 0.306 e. The number of nitrogens with one attached hydrogen (secondary N) is 1. The van der Waals surface area contributed by atoms with Gasteiger partial charge in [0.05, 0.1) is 25.2 Å². The fourth-order valence-corrected chi connectivity index (χ4v) is 9.13. The van der Waals surface area contributed by atoms with Crippen molar-refractivity contribution in [2.45, 2.75) is 334 Å². The first-order valence-electron chi connectivity index (χ1n) is 29.1. The molecular formula is C59H113NO5. The van der Waals surface area contributed by atoms with Gasteiger partial charge in [0.15, 0.2) is 0 Å². The van der Waals surface area contributed by atoms with Crippen LogP contribution in [0.4, 0.5) is 0 Å². The zero-order chi connectivity index (χ0) is 47.4. The molecule has 0 saturated heterocycles. The van der Waals surface area contributed by atoms with E-state index >= 15 is 0 Å². The molecule has 0 aromatic carbocycles. The summed E-state index contributed by atoms with van der Waals surface area (Å²) in [4.78, 5) is 26.2. The topological polar surface area (TPSA) is 95.9 Å². The number of aliphatic hydroxyl groups is 2. The van der Waals surface area contributed by atoms with Crippen molar-refractivity contribution in [3.05, 3.63) is 24.3 Å². The largest absolute Gasteiger partial charge is 0.462 e. The van der Waals surface area contributed by atoms with Crippen LogP contribution in [0.3, 0.4) is 0 Å². The standard InChI is InChI=1S/C59H113NO5/c1-4-7-10-13-16-19-22-24-26-28-30-32-34-37-40-43-46-49-52-59(64)65-55(50-47-44-41-38-35-21-18-15-12-9-6-3)53-58(63)60-56(54-61)57(62)51-48-45-42-39-36-33-31-29-27-25-23-20-17-14-11-8-5-2/h26,28,30,32,55-57,61-62H,4-25,27,29,31,33-54H2,1-3H3,(H,60,63)/b28-26+,32-30+. The van der Waals surface area contributed by atoms with Crippen LogP contribution in [-0.4, -0.2) is 46.9 Å². The molecule has 0 spiro atoms. The lowest BCUT2D eigenvalue weighted by atomic mass is 10.0. The second-order valence-electron chi connectivity index (χ2n) is 20.1. The molecule has 0 aromatic heterocycles. The molecule has 65 heavy (non-hydrogen) atoms. The molecule has 0 aromatic rings. The predicted molar refractivity (Wildman–Crippen MR) is 283 cm³/mol. The molecule has 0 heterocycles. The maximum Gasteiger partial charge on any atom is 0.306 e. The molecule has 0 bridgehead atoms. The summed E-state index contributed by atoms with van der Waals surface area (Å²) in [5, 5.41) is 23.9. The summed E-state index contributed by atoms with van der Waals surface area (Å²) in [6, 6.07) is -0.700. The second-order valence-corrected chi connectivity index (χ2v) is 20.1. The van der Waals surface area contributed by atoms with E-state index in [9.17, 15) is 19.8 Å². The monoisotopic (exact) mass is 916 g/mol. The highest BCUT2D eigenvalue weighted by atomic mass is 16.5. The van der Waals surface area contributed by atoms with Gasteiger partial charge in [0, 0.05) is 6.42 Å². The van der Waals surface area contributed by atoms with Crippen LogP contribution in [0, 0.1) is 0 Å². The molecular weight excluding hydrogens is 803 g/mol. The van der Waals surface area contributed by atoms with E-state index in [4.69, 9.17) is 4.74 Å². The van der Waals surface area contributed by atoms with Crippen molar-refractivity contribution < 1.29 is 24.5 Å². The molecule has 3 N–H and O–H groups in total. The van der Waals surface area contributed by atoms with Crippen LogP contribution in [0.15, 0.2) is 24.3 Å². The third-order valence-electron chi connectivity index (χ3n) is 13.6. The Morgan fingerprint density at radius 2 is 0.769 bits per heavy atom. The summed E-state index contributed by atoms with van der Waals surface area (Å²) < 4.78 is 5.95. The number of hydrogen-bond acceptors (Lipinski definition) is 5. The Kier molecular flexibility index (Phi) is 51.9. The van der Waals surface area contributed by atoms with E-state index in [2.05, 4.69) is 50.4 Å². The Morgan fingerprint density at radius 1 is 0.446 bits per heavy atom. The number of unbranched alkanes of at least 4 members (excludes halogenated alkanes) is 38. The van der Waals surface area contributed by atoms with Gasteiger partial charge in [-0.3, -0.25) is 9.59 Å². The maximum absolute atomic E-state index is 13.2. The summed E-state index contributed by atoms with van der Waals surface area (Å²) in [5.74, 6) is -0.473. The maximum atomic E-state index is 13.2. The van der Waals surface area contributed by atoms with Crippen molar-refractivity contribution in [2.75, 3.05) is 6.61 Å². The van der Waals surface area contributed by atoms with Gasteiger partial charge >= 0.3 is 5.97 Å². The van der Waals surface area contributed by atoms with Crippen molar-refractivity contribution in [1.82, 2.24) is 5.32 Å². The van der Waals surface area contributed by atoms with E-state index in [0.29, 0.717) is 19.3 Å². The number of aliphatic hydroxyl groups excluding tert-OH is 2. The first-order chi connectivity index (χ1) is 32.0. The molecule has 0 saturated carbocycles. The van der Waals surface area contributed by atoms with Gasteiger partial charge in [-0.1, -0.05) is 276 Å². The van der Waals surface area contributed by atoms with Gasteiger partial charge in [-0.2, -0.15) is 0 Å². The Morgan fingerprint density at radius 3 is 1.14 bits per heavy atom. The van der Waals surface area contributed by atoms with Gasteiger partial charge in [-0.05, 0) is 51.4 Å². The van der Waals surface area contributed by atoms with Crippen LogP contribution >= 0.6 is 0 Å². The van der Waals surface area contributed by atoms with Gasteiger partial charge in [-0.25, -0.2) is 0 Å². The fraction of sp³-hybridized carbons (Fsp3) is 0.898. The Hall–Kier alpha value is -1.66. The summed E-state index contributed by atoms with van der Waals surface area (Å²) in [7, 11) is 0. The highest BCUT2D eigenvalue weighted by molar-refractivity contribution is 5.77. The molecule has 0 aliphatic heterocycles. The predicted octanol–water partition coefficient (Wildman–Crippen LogP) is 17.9. The lowest BCUT2D eigenvalue weighted by molar-refractivity contribution is -0.151. The Bertz CT molecular complexity index is 1030. The number of esters is 1. The molecule has 6 heteroatoms. The Labute approximate surface area is 405 Å². The zero-order valence-corrected chi connectivity index (χ0v) is 43.9. The number of carbonyl (C=O) groups is 2. The fourth-order valence-electron chi connectivity index (χ4n) is 9.13. The van der Waals surface area contributed by atoms with E-state index in [0.717, 1.165) is 51.4 Å². The molecule has 1 amide bonds. The molecule has 6 nitrogen and oxygen atoms in total. The van der Waals surface area contributed by atoms with E-state index in [1.165, 1.54) is 218 Å². The summed E-state index contributed by atoms with van der Waals surface area (Å²) >= 11 is 0. The van der Waals surface area contributed by atoms with E-state index in [1.54, 1.807) is 0 Å². The number of amides is 1. The minimum atomic E-state index is -0.787. The van der Waals surface area contributed by atoms with Crippen molar-refractivity contribution >= 4 is 11.9 Å². The van der Waals surface area contributed by atoms with Crippen LogP contribution in [0.5, 0.6) is 0 Å².